The van der Waals surface area contributed by atoms with Crippen molar-refractivity contribution in [2.24, 2.45) is 0 Å². The largest absolute Gasteiger partial charge is 0.333 e. The van der Waals surface area contributed by atoms with Crippen LogP contribution in [0, 0.1) is 13.8 Å². The summed E-state index contributed by atoms with van der Waals surface area (Å²) in [4.78, 5) is 14.7. The number of carbonyl (C=O) groups is 1. The predicted octanol–water partition coefficient (Wildman–Crippen LogP) is 1.99. The van der Waals surface area contributed by atoms with Crippen LogP contribution < -0.4 is 0 Å². The molecule has 0 radical (unpaired) electrons. The summed E-state index contributed by atoms with van der Waals surface area (Å²) in [5.74, 6) is -0.0635. The zero-order chi connectivity index (χ0) is 17.4. The van der Waals surface area contributed by atoms with E-state index in [0.717, 1.165) is 23.5 Å². The number of carbonyl (C=O) groups excluding carboxylic acids is 1. The standard InChI is InChI=1S/C17H18N6OS/c1-11-15(20-25-19-11)10-23-12(2)16(18-21-23)17(24)22-8-7-13-5-3-4-6-14(13)9-22/h3-6H,7-10H2,1-2H3. The first-order valence-corrected chi connectivity index (χ1v) is 8.90. The minimum absolute atomic E-state index is 0.0635. The molecule has 2 aromatic heterocycles. The van der Waals surface area contributed by atoms with Crippen LogP contribution in [-0.4, -0.2) is 41.1 Å². The van der Waals surface area contributed by atoms with Crippen LogP contribution >= 0.6 is 11.7 Å². The molecule has 0 N–H and O–H groups in total. The molecule has 0 saturated heterocycles. The van der Waals surface area contributed by atoms with Crippen LogP contribution in [0.3, 0.4) is 0 Å². The van der Waals surface area contributed by atoms with Gasteiger partial charge in [-0.25, -0.2) is 4.68 Å². The minimum Gasteiger partial charge on any atom is -0.333 e. The van der Waals surface area contributed by atoms with Crippen molar-refractivity contribution in [1.82, 2.24) is 28.6 Å². The van der Waals surface area contributed by atoms with Gasteiger partial charge in [0.2, 0.25) is 0 Å². The summed E-state index contributed by atoms with van der Waals surface area (Å²) < 4.78 is 10.2. The van der Waals surface area contributed by atoms with E-state index >= 15 is 0 Å². The van der Waals surface area contributed by atoms with Gasteiger partial charge in [-0.3, -0.25) is 4.79 Å². The van der Waals surface area contributed by atoms with Gasteiger partial charge in [0.25, 0.3) is 5.91 Å². The Morgan fingerprint density at radius 3 is 2.76 bits per heavy atom. The Kier molecular flexibility index (Phi) is 4.04. The monoisotopic (exact) mass is 354 g/mol. The molecule has 25 heavy (non-hydrogen) atoms. The van der Waals surface area contributed by atoms with E-state index in [9.17, 15) is 4.79 Å². The molecule has 7 nitrogen and oxygen atoms in total. The fourth-order valence-corrected chi connectivity index (χ4v) is 3.62. The highest BCUT2D eigenvalue weighted by atomic mass is 32.1. The summed E-state index contributed by atoms with van der Waals surface area (Å²) in [5.41, 5.74) is 5.45. The van der Waals surface area contributed by atoms with Crippen molar-refractivity contribution in [3.8, 4) is 0 Å². The maximum Gasteiger partial charge on any atom is 0.276 e. The van der Waals surface area contributed by atoms with Crippen molar-refractivity contribution in [1.29, 1.82) is 0 Å². The topological polar surface area (TPSA) is 76.8 Å². The van der Waals surface area contributed by atoms with Gasteiger partial charge in [0, 0.05) is 13.1 Å². The van der Waals surface area contributed by atoms with Gasteiger partial charge in [0.1, 0.15) is 0 Å². The van der Waals surface area contributed by atoms with Crippen molar-refractivity contribution < 1.29 is 4.79 Å². The molecule has 0 spiro atoms. The SMILES string of the molecule is Cc1nsnc1Cn1nnc(C(=O)N2CCc3ccccc3C2)c1C. The van der Waals surface area contributed by atoms with E-state index in [4.69, 9.17) is 0 Å². The highest BCUT2D eigenvalue weighted by Gasteiger charge is 2.26. The maximum atomic E-state index is 12.9. The van der Waals surface area contributed by atoms with Gasteiger partial charge in [-0.1, -0.05) is 29.5 Å². The van der Waals surface area contributed by atoms with E-state index in [0.29, 0.717) is 25.3 Å². The number of benzene rings is 1. The van der Waals surface area contributed by atoms with Gasteiger partial charge in [-0.15, -0.1) is 5.10 Å². The van der Waals surface area contributed by atoms with Gasteiger partial charge >= 0.3 is 0 Å². The molecule has 1 amide bonds. The van der Waals surface area contributed by atoms with Gasteiger partial charge in [0.15, 0.2) is 5.69 Å². The first kappa shape index (κ1) is 15.9. The lowest BCUT2D eigenvalue weighted by Gasteiger charge is -2.28. The van der Waals surface area contributed by atoms with Crippen molar-refractivity contribution in [3.63, 3.8) is 0 Å². The summed E-state index contributed by atoms with van der Waals surface area (Å²) >= 11 is 1.18. The molecule has 0 saturated carbocycles. The maximum absolute atomic E-state index is 12.9. The molecule has 1 aliphatic rings. The lowest BCUT2D eigenvalue weighted by Crippen LogP contribution is -2.36. The van der Waals surface area contributed by atoms with Crippen molar-refractivity contribution in [2.75, 3.05) is 6.54 Å². The van der Waals surface area contributed by atoms with Crippen molar-refractivity contribution in [2.45, 2.75) is 33.4 Å². The molecule has 3 aromatic rings. The number of aryl methyl sites for hydroxylation is 1. The fraction of sp³-hybridized carbons (Fsp3) is 0.353. The summed E-state index contributed by atoms with van der Waals surface area (Å²) in [7, 11) is 0. The Morgan fingerprint density at radius 1 is 1.20 bits per heavy atom. The van der Waals surface area contributed by atoms with Crippen LogP contribution in [0.5, 0.6) is 0 Å². The Hall–Kier alpha value is -2.61. The zero-order valence-electron chi connectivity index (χ0n) is 14.1. The van der Waals surface area contributed by atoms with Crippen LogP contribution in [0.15, 0.2) is 24.3 Å². The second-order valence-corrected chi connectivity index (χ2v) is 6.75. The third-order valence-electron chi connectivity index (χ3n) is 4.65. The number of hydrogen-bond acceptors (Lipinski definition) is 6. The molecule has 3 heterocycles. The zero-order valence-corrected chi connectivity index (χ0v) is 15.0. The molecule has 1 aromatic carbocycles. The van der Waals surface area contributed by atoms with Crippen molar-refractivity contribution >= 4 is 17.6 Å². The molecular formula is C17H18N6OS. The van der Waals surface area contributed by atoms with Crippen LogP contribution in [0.25, 0.3) is 0 Å². The van der Waals surface area contributed by atoms with E-state index in [1.54, 1.807) is 4.68 Å². The lowest BCUT2D eigenvalue weighted by atomic mass is 10.00. The van der Waals surface area contributed by atoms with Crippen LogP contribution in [0.2, 0.25) is 0 Å². The lowest BCUT2D eigenvalue weighted by molar-refractivity contribution is 0.0728. The van der Waals surface area contributed by atoms with Crippen LogP contribution in [0.1, 0.15) is 38.7 Å². The van der Waals surface area contributed by atoms with E-state index < -0.39 is 0 Å². The van der Waals surface area contributed by atoms with Gasteiger partial charge in [-0.2, -0.15) is 8.75 Å². The normalized spacial score (nSPS) is 13.8. The summed E-state index contributed by atoms with van der Waals surface area (Å²) in [6, 6.07) is 8.26. The van der Waals surface area contributed by atoms with Crippen LogP contribution in [-0.2, 0) is 19.5 Å². The first-order valence-electron chi connectivity index (χ1n) is 8.17. The van der Waals surface area contributed by atoms with E-state index in [1.165, 1.54) is 22.9 Å². The highest BCUT2D eigenvalue weighted by molar-refractivity contribution is 6.99. The first-order chi connectivity index (χ1) is 12.1. The quantitative estimate of drug-likeness (QED) is 0.719. The van der Waals surface area contributed by atoms with Gasteiger partial charge < -0.3 is 4.90 Å². The second kappa shape index (κ2) is 6.36. The Bertz CT molecular complexity index is 931. The molecule has 8 heteroatoms. The van der Waals surface area contributed by atoms with Gasteiger partial charge in [-0.05, 0) is 31.4 Å². The third-order valence-corrected chi connectivity index (χ3v) is 5.31. The van der Waals surface area contributed by atoms with Crippen LogP contribution in [0.4, 0.5) is 0 Å². The number of nitrogens with zero attached hydrogens (tertiary/aromatic N) is 6. The Morgan fingerprint density at radius 2 is 2.00 bits per heavy atom. The molecular weight excluding hydrogens is 336 g/mol. The van der Waals surface area contributed by atoms with E-state index in [1.807, 2.05) is 30.9 Å². The van der Waals surface area contributed by atoms with E-state index in [-0.39, 0.29) is 5.91 Å². The molecule has 4 rings (SSSR count). The molecule has 0 fully saturated rings. The second-order valence-electron chi connectivity index (χ2n) is 6.22. The molecule has 1 aliphatic heterocycles. The van der Waals surface area contributed by atoms with Gasteiger partial charge in [0.05, 0.1) is 35.4 Å². The molecule has 0 atom stereocenters. The predicted molar refractivity (Wildman–Crippen MR) is 93.4 cm³/mol. The summed E-state index contributed by atoms with van der Waals surface area (Å²) in [6.07, 6.45) is 0.874. The molecule has 0 unspecified atom stereocenters. The number of rotatable bonds is 3. The molecule has 0 aliphatic carbocycles. The number of fused-ring (bicyclic) bond motifs is 1. The van der Waals surface area contributed by atoms with Crippen molar-refractivity contribution in [3.05, 3.63) is 58.2 Å². The average molecular weight is 354 g/mol. The summed E-state index contributed by atoms with van der Waals surface area (Å²) in [5, 5.41) is 8.28. The Labute approximate surface area is 149 Å². The molecule has 0 bridgehead atoms. The third kappa shape index (κ3) is 2.93. The number of amides is 1. The minimum atomic E-state index is -0.0635. The Balaban J connectivity index is 1.54. The molecule has 128 valence electrons. The fourth-order valence-electron chi connectivity index (χ4n) is 3.06. The number of hydrogen-bond donors (Lipinski definition) is 0. The summed E-state index contributed by atoms with van der Waals surface area (Å²) in [6.45, 7) is 5.60. The smallest absolute Gasteiger partial charge is 0.276 e. The average Bonchev–Trinajstić information content (AvgIpc) is 3.20. The highest BCUT2D eigenvalue weighted by Crippen LogP contribution is 2.21. The number of aromatic nitrogens is 5. The van der Waals surface area contributed by atoms with E-state index in [2.05, 4.69) is 31.2 Å².